The van der Waals surface area contributed by atoms with Crippen molar-refractivity contribution in [3.05, 3.63) is 93.5 Å². The predicted octanol–water partition coefficient (Wildman–Crippen LogP) is 5.71. The second kappa shape index (κ2) is 10.3. The molecule has 178 valence electrons. The maximum Gasteiger partial charge on any atom is 0.264 e. The molecular formula is C27H29BrN2O3S. The molecule has 3 aromatic carbocycles. The molecule has 34 heavy (non-hydrogen) atoms. The summed E-state index contributed by atoms with van der Waals surface area (Å²) in [6.07, 6.45) is 4.58. The van der Waals surface area contributed by atoms with Crippen LogP contribution >= 0.6 is 15.9 Å². The molecule has 7 heteroatoms. The monoisotopic (exact) mass is 540 g/mol. The Morgan fingerprint density at radius 3 is 2.41 bits per heavy atom. The standard InChI is InChI=1S/C27H29BrN2O3S/c1-19-10-14-26(15-11-19)34(32,33)30(25-9-5-8-24(28)17-25)18-27(31)29-20(2)22-13-12-21-6-3-4-7-23(21)16-22/h5,8-17,20H,3-4,6-7,18H2,1-2H3,(H,29,31)/t20-/m1/s1. The summed E-state index contributed by atoms with van der Waals surface area (Å²) in [5.74, 6) is -0.360. The van der Waals surface area contributed by atoms with E-state index in [9.17, 15) is 13.2 Å². The maximum atomic E-state index is 13.5. The van der Waals surface area contributed by atoms with Crippen LogP contribution in [-0.4, -0.2) is 20.9 Å². The van der Waals surface area contributed by atoms with Gasteiger partial charge in [0, 0.05) is 4.47 Å². The van der Waals surface area contributed by atoms with E-state index in [0.29, 0.717) is 5.69 Å². The zero-order valence-corrected chi connectivity index (χ0v) is 21.8. The first-order chi connectivity index (χ1) is 16.2. The van der Waals surface area contributed by atoms with Crippen LogP contribution in [0, 0.1) is 6.92 Å². The molecule has 1 N–H and O–H groups in total. The summed E-state index contributed by atoms with van der Waals surface area (Å²) in [4.78, 5) is 13.2. The Morgan fingerprint density at radius 2 is 1.71 bits per heavy atom. The molecule has 3 aromatic rings. The van der Waals surface area contributed by atoms with E-state index in [1.54, 1.807) is 42.5 Å². The van der Waals surface area contributed by atoms with Crippen LogP contribution in [0.25, 0.3) is 0 Å². The average molecular weight is 542 g/mol. The Labute approximate surface area is 210 Å². The number of rotatable bonds is 7. The van der Waals surface area contributed by atoms with Gasteiger partial charge in [-0.15, -0.1) is 0 Å². The zero-order chi connectivity index (χ0) is 24.3. The Balaban J connectivity index is 1.57. The smallest absolute Gasteiger partial charge is 0.264 e. The fourth-order valence-electron chi connectivity index (χ4n) is 4.31. The number of fused-ring (bicyclic) bond motifs is 1. The summed E-state index contributed by atoms with van der Waals surface area (Å²) in [6.45, 7) is 3.51. The number of benzene rings is 3. The van der Waals surface area contributed by atoms with Gasteiger partial charge in [-0.2, -0.15) is 0 Å². The summed E-state index contributed by atoms with van der Waals surface area (Å²) in [5, 5.41) is 2.99. The van der Waals surface area contributed by atoms with E-state index in [4.69, 9.17) is 0 Å². The number of aryl methyl sites for hydroxylation is 3. The van der Waals surface area contributed by atoms with Gasteiger partial charge in [-0.25, -0.2) is 8.42 Å². The van der Waals surface area contributed by atoms with E-state index < -0.39 is 10.0 Å². The normalized spacial score (nSPS) is 14.2. The fraction of sp³-hybridized carbons (Fsp3) is 0.296. The van der Waals surface area contributed by atoms with Gasteiger partial charge in [0.25, 0.3) is 10.0 Å². The molecule has 0 aromatic heterocycles. The molecule has 0 unspecified atom stereocenters. The molecule has 0 saturated heterocycles. The molecule has 0 heterocycles. The summed E-state index contributed by atoms with van der Waals surface area (Å²) in [6, 6.07) is 19.8. The minimum absolute atomic E-state index is 0.147. The first-order valence-corrected chi connectivity index (χ1v) is 13.7. The highest BCUT2D eigenvalue weighted by molar-refractivity contribution is 9.10. The third-order valence-corrected chi connectivity index (χ3v) is 8.52. The molecule has 1 amide bonds. The van der Waals surface area contributed by atoms with Crippen molar-refractivity contribution >= 4 is 37.5 Å². The first kappa shape index (κ1) is 24.5. The van der Waals surface area contributed by atoms with Crippen molar-refractivity contribution in [3.63, 3.8) is 0 Å². The van der Waals surface area contributed by atoms with Crippen molar-refractivity contribution in [2.24, 2.45) is 0 Å². The van der Waals surface area contributed by atoms with Crippen molar-refractivity contribution < 1.29 is 13.2 Å². The van der Waals surface area contributed by atoms with Gasteiger partial charge >= 0.3 is 0 Å². The summed E-state index contributed by atoms with van der Waals surface area (Å²) in [5.41, 5.74) is 5.15. The van der Waals surface area contributed by atoms with Gasteiger partial charge in [0.05, 0.1) is 16.6 Å². The summed E-state index contributed by atoms with van der Waals surface area (Å²) >= 11 is 3.41. The second-order valence-corrected chi connectivity index (χ2v) is 11.6. The minimum atomic E-state index is -3.94. The third kappa shape index (κ3) is 5.53. The van der Waals surface area contributed by atoms with Gasteiger partial charge in [0.2, 0.25) is 5.91 Å². The largest absolute Gasteiger partial charge is 0.348 e. The van der Waals surface area contributed by atoms with Crippen LogP contribution in [-0.2, 0) is 27.7 Å². The van der Waals surface area contributed by atoms with E-state index in [2.05, 4.69) is 39.4 Å². The molecule has 1 aliphatic carbocycles. The molecule has 0 radical (unpaired) electrons. The number of nitrogens with one attached hydrogen (secondary N) is 1. The lowest BCUT2D eigenvalue weighted by atomic mass is 9.89. The predicted molar refractivity (Wildman–Crippen MR) is 139 cm³/mol. The number of halogens is 1. The molecule has 0 saturated carbocycles. The number of hydrogen-bond acceptors (Lipinski definition) is 3. The van der Waals surface area contributed by atoms with Gasteiger partial charge < -0.3 is 5.32 Å². The minimum Gasteiger partial charge on any atom is -0.348 e. The van der Waals surface area contributed by atoms with Crippen molar-refractivity contribution in [2.75, 3.05) is 10.8 Å². The first-order valence-electron chi connectivity index (χ1n) is 11.5. The highest BCUT2D eigenvalue weighted by Gasteiger charge is 2.28. The Bertz CT molecular complexity index is 1290. The summed E-state index contributed by atoms with van der Waals surface area (Å²) in [7, 11) is -3.94. The van der Waals surface area contributed by atoms with Gasteiger partial charge in [0.15, 0.2) is 0 Å². The van der Waals surface area contributed by atoms with Crippen LogP contribution in [0.1, 0.15) is 48.1 Å². The van der Waals surface area contributed by atoms with Crippen molar-refractivity contribution in [1.82, 2.24) is 5.32 Å². The number of carbonyl (C=O) groups is 1. The third-order valence-electron chi connectivity index (χ3n) is 6.24. The molecule has 4 rings (SSSR count). The van der Waals surface area contributed by atoms with Crippen LogP contribution in [0.4, 0.5) is 5.69 Å². The van der Waals surface area contributed by atoms with E-state index in [-0.39, 0.29) is 23.4 Å². The fourth-order valence-corrected chi connectivity index (χ4v) is 6.11. The van der Waals surface area contributed by atoms with Crippen LogP contribution in [0.15, 0.2) is 76.1 Å². The Kier molecular flexibility index (Phi) is 7.43. The number of hydrogen-bond donors (Lipinski definition) is 1. The van der Waals surface area contributed by atoms with E-state index in [1.807, 2.05) is 19.9 Å². The lowest BCUT2D eigenvalue weighted by Crippen LogP contribution is -2.41. The van der Waals surface area contributed by atoms with Crippen molar-refractivity contribution in [2.45, 2.75) is 50.5 Å². The van der Waals surface area contributed by atoms with E-state index in [1.165, 1.54) is 24.0 Å². The molecule has 0 spiro atoms. The molecule has 1 aliphatic rings. The highest BCUT2D eigenvalue weighted by Crippen LogP contribution is 2.27. The lowest BCUT2D eigenvalue weighted by Gasteiger charge is -2.26. The van der Waals surface area contributed by atoms with E-state index in [0.717, 1.165) is 32.7 Å². The number of amides is 1. The quantitative estimate of drug-likeness (QED) is 0.417. The SMILES string of the molecule is Cc1ccc(S(=O)(=O)N(CC(=O)N[C@H](C)c2ccc3c(c2)CCCC3)c2cccc(Br)c2)cc1. The number of nitrogens with zero attached hydrogens (tertiary/aromatic N) is 1. The van der Waals surface area contributed by atoms with Crippen LogP contribution < -0.4 is 9.62 Å². The Hall–Kier alpha value is -2.64. The molecule has 0 aliphatic heterocycles. The van der Waals surface area contributed by atoms with Gasteiger partial charge in [0.1, 0.15) is 6.54 Å². The van der Waals surface area contributed by atoms with Crippen molar-refractivity contribution in [3.8, 4) is 0 Å². The number of anilines is 1. The lowest BCUT2D eigenvalue weighted by molar-refractivity contribution is -0.120. The molecular weight excluding hydrogens is 512 g/mol. The van der Waals surface area contributed by atoms with Gasteiger partial charge in [-0.1, -0.05) is 57.9 Å². The average Bonchev–Trinajstić information content (AvgIpc) is 2.82. The van der Waals surface area contributed by atoms with Crippen LogP contribution in [0.5, 0.6) is 0 Å². The second-order valence-electron chi connectivity index (χ2n) is 8.83. The maximum absolute atomic E-state index is 13.5. The number of carbonyl (C=O) groups excluding carboxylic acids is 1. The van der Waals surface area contributed by atoms with Crippen molar-refractivity contribution in [1.29, 1.82) is 0 Å². The van der Waals surface area contributed by atoms with E-state index >= 15 is 0 Å². The molecule has 1 atom stereocenters. The van der Waals surface area contributed by atoms with Crippen LogP contribution in [0.3, 0.4) is 0 Å². The number of sulfonamides is 1. The topological polar surface area (TPSA) is 66.5 Å². The van der Waals surface area contributed by atoms with Gasteiger partial charge in [-0.05, 0) is 86.6 Å². The Morgan fingerprint density at radius 1 is 1.00 bits per heavy atom. The molecule has 0 fully saturated rings. The molecule has 0 bridgehead atoms. The van der Waals surface area contributed by atoms with Crippen LogP contribution in [0.2, 0.25) is 0 Å². The van der Waals surface area contributed by atoms with Gasteiger partial charge in [-0.3, -0.25) is 9.10 Å². The zero-order valence-electron chi connectivity index (χ0n) is 19.4. The highest BCUT2D eigenvalue weighted by atomic mass is 79.9. The molecule has 5 nitrogen and oxygen atoms in total. The summed E-state index contributed by atoms with van der Waals surface area (Å²) < 4.78 is 29.0.